The van der Waals surface area contributed by atoms with Gasteiger partial charge >= 0.3 is 0 Å². The minimum Gasteiger partial charge on any atom is -0.496 e. The van der Waals surface area contributed by atoms with Gasteiger partial charge in [-0.1, -0.05) is 51.4 Å². The summed E-state index contributed by atoms with van der Waals surface area (Å²) in [4.78, 5) is 0. The number of unbranched alkanes of at least 4 members (excludes halogenated alkanes) is 9. The van der Waals surface area contributed by atoms with Crippen LogP contribution in [0.25, 0.3) is 0 Å². The van der Waals surface area contributed by atoms with E-state index in [2.05, 4.69) is 27.7 Å². The molecule has 0 saturated heterocycles. The second-order valence-electron chi connectivity index (χ2n) is 9.28. The van der Waals surface area contributed by atoms with E-state index in [-0.39, 0.29) is 5.60 Å². The van der Waals surface area contributed by atoms with E-state index in [1.54, 1.807) is 7.11 Å². The van der Waals surface area contributed by atoms with Gasteiger partial charge in [0.2, 0.25) is 0 Å². The SMILES string of the molecule is COc1c(C)c(C)c2c(c1C)CCC(C)(CCCCCCCCCCCCO)O2. The van der Waals surface area contributed by atoms with Crippen molar-refractivity contribution in [1.29, 1.82) is 0 Å². The molecular formula is C26H44O3. The molecule has 0 bridgehead atoms. The molecule has 2 rings (SSSR count). The highest BCUT2D eigenvalue weighted by atomic mass is 16.5. The number of aliphatic hydroxyl groups excluding tert-OH is 1. The Hall–Kier alpha value is -1.22. The van der Waals surface area contributed by atoms with Gasteiger partial charge in [0, 0.05) is 12.2 Å². The Morgan fingerprint density at radius 1 is 0.828 bits per heavy atom. The predicted octanol–water partition coefficient (Wildman–Crippen LogP) is 6.99. The van der Waals surface area contributed by atoms with Gasteiger partial charge in [0.25, 0.3) is 0 Å². The highest BCUT2D eigenvalue weighted by Gasteiger charge is 2.34. The molecule has 1 aromatic carbocycles. The second-order valence-corrected chi connectivity index (χ2v) is 9.28. The fourth-order valence-corrected chi connectivity index (χ4v) is 4.79. The summed E-state index contributed by atoms with van der Waals surface area (Å²) in [6.45, 7) is 9.13. The number of ether oxygens (including phenoxy) is 2. The third kappa shape index (κ3) is 6.64. The number of hydrogen-bond donors (Lipinski definition) is 1. The Labute approximate surface area is 179 Å². The van der Waals surface area contributed by atoms with Crippen molar-refractivity contribution < 1.29 is 14.6 Å². The van der Waals surface area contributed by atoms with Crippen LogP contribution < -0.4 is 9.47 Å². The average molecular weight is 405 g/mol. The van der Waals surface area contributed by atoms with Crippen LogP contribution in [0.2, 0.25) is 0 Å². The number of aliphatic hydroxyl groups is 1. The van der Waals surface area contributed by atoms with Crippen molar-refractivity contribution >= 4 is 0 Å². The van der Waals surface area contributed by atoms with Crippen molar-refractivity contribution in [3.63, 3.8) is 0 Å². The molecule has 3 nitrogen and oxygen atoms in total. The van der Waals surface area contributed by atoms with Gasteiger partial charge in [0.05, 0.1) is 7.11 Å². The standard InChI is InChI=1S/C26H44O3/c1-20-21(2)25-23(22(3)24(20)28-5)16-18-26(4,29-25)17-14-12-10-8-6-7-9-11-13-15-19-27/h27H,6-19H2,1-5H3. The number of rotatable bonds is 13. The molecule has 0 amide bonds. The van der Waals surface area contributed by atoms with E-state index in [9.17, 15) is 0 Å². The van der Waals surface area contributed by atoms with Gasteiger partial charge in [-0.2, -0.15) is 0 Å². The van der Waals surface area contributed by atoms with Gasteiger partial charge in [-0.3, -0.25) is 0 Å². The van der Waals surface area contributed by atoms with Gasteiger partial charge in [-0.25, -0.2) is 0 Å². The molecular weight excluding hydrogens is 360 g/mol. The van der Waals surface area contributed by atoms with Gasteiger partial charge < -0.3 is 14.6 Å². The van der Waals surface area contributed by atoms with Crippen LogP contribution in [0.1, 0.15) is 106 Å². The quantitative estimate of drug-likeness (QED) is 0.360. The summed E-state index contributed by atoms with van der Waals surface area (Å²) in [6.07, 6.45) is 16.1. The first kappa shape index (κ1) is 24.1. The third-order valence-electron chi connectivity index (χ3n) is 6.88. The molecule has 1 heterocycles. The zero-order valence-corrected chi connectivity index (χ0v) is 19.7. The van der Waals surface area contributed by atoms with Crippen LogP contribution in [0, 0.1) is 20.8 Å². The Kier molecular flexibility index (Phi) is 9.82. The van der Waals surface area contributed by atoms with E-state index < -0.39 is 0 Å². The zero-order valence-electron chi connectivity index (χ0n) is 19.7. The van der Waals surface area contributed by atoms with Crippen molar-refractivity contribution in [2.24, 2.45) is 0 Å². The summed E-state index contributed by atoms with van der Waals surface area (Å²) in [6, 6.07) is 0. The molecule has 1 aliphatic heterocycles. The van der Waals surface area contributed by atoms with Crippen LogP contribution in [0.3, 0.4) is 0 Å². The zero-order chi connectivity index (χ0) is 21.3. The molecule has 29 heavy (non-hydrogen) atoms. The molecule has 1 atom stereocenters. The maximum atomic E-state index is 8.80. The summed E-state index contributed by atoms with van der Waals surface area (Å²) in [5, 5.41) is 8.80. The first-order valence-electron chi connectivity index (χ1n) is 11.9. The Morgan fingerprint density at radius 3 is 1.93 bits per heavy atom. The summed E-state index contributed by atoms with van der Waals surface area (Å²) >= 11 is 0. The molecule has 1 N–H and O–H groups in total. The summed E-state index contributed by atoms with van der Waals surface area (Å²) in [5.74, 6) is 2.15. The van der Waals surface area contributed by atoms with E-state index >= 15 is 0 Å². The maximum absolute atomic E-state index is 8.80. The molecule has 166 valence electrons. The predicted molar refractivity (Wildman–Crippen MR) is 122 cm³/mol. The summed E-state index contributed by atoms with van der Waals surface area (Å²) < 4.78 is 12.3. The maximum Gasteiger partial charge on any atom is 0.127 e. The molecule has 3 heteroatoms. The topological polar surface area (TPSA) is 38.7 Å². The minimum absolute atomic E-state index is 0.0298. The molecule has 0 spiro atoms. The van der Waals surface area contributed by atoms with Crippen molar-refractivity contribution in [3.05, 3.63) is 22.3 Å². The number of benzene rings is 1. The van der Waals surface area contributed by atoms with Crippen LogP contribution in [0.5, 0.6) is 11.5 Å². The summed E-state index contributed by atoms with van der Waals surface area (Å²) in [7, 11) is 1.77. The van der Waals surface area contributed by atoms with Crippen LogP contribution in [-0.4, -0.2) is 24.4 Å². The van der Waals surface area contributed by atoms with E-state index in [1.165, 1.54) is 80.0 Å². The van der Waals surface area contributed by atoms with E-state index in [1.807, 2.05) is 0 Å². The largest absolute Gasteiger partial charge is 0.496 e. The normalized spacial score (nSPS) is 18.4. The van der Waals surface area contributed by atoms with Crippen LogP contribution >= 0.6 is 0 Å². The fourth-order valence-electron chi connectivity index (χ4n) is 4.79. The number of fused-ring (bicyclic) bond motifs is 1. The van der Waals surface area contributed by atoms with Crippen molar-refractivity contribution in [3.8, 4) is 11.5 Å². The van der Waals surface area contributed by atoms with E-state index in [4.69, 9.17) is 14.6 Å². The number of methoxy groups -OCH3 is 1. The van der Waals surface area contributed by atoms with Gasteiger partial charge in [-0.15, -0.1) is 0 Å². The Morgan fingerprint density at radius 2 is 1.38 bits per heavy atom. The Balaban J connectivity index is 1.73. The molecule has 0 aliphatic carbocycles. The van der Waals surface area contributed by atoms with E-state index in [0.29, 0.717) is 6.61 Å². The van der Waals surface area contributed by atoms with Crippen LogP contribution in [0.15, 0.2) is 0 Å². The average Bonchev–Trinajstić information content (AvgIpc) is 2.71. The third-order valence-corrected chi connectivity index (χ3v) is 6.88. The highest BCUT2D eigenvalue weighted by molar-refractivity contribution is 5.58. The first-order valence-corrected chi connectivity index (χ1v) is 11.9. The van der Waals surface area contributed by atoms with Gasteiger partial charge in [-0.05, 0) is 76.5 Å². The monoisotopic (exact) mass is 404 g/mol. The number of hydrogen-bond acceptors (Lipinski definition) is 3. The minimum atomic E-state index is -0.0298. The van der Waals surface area contributed by atoms with Crippen LogP contribution in [-0.2, 0) is 6.42 Å². The molecule has 0 saturated carbocycles. The highest BCUT2D eigenvalue weighted by Crippen LogP contribution is 2.44. The van der Waals surface area contributed by atoms with Gasteiger partial charge in [0.15, 0.2) is 0 Å². The van der Waals surface area contributed by atoms with Crippen LogP contribution in [0.4, 0.5) is 0 Å². The molecule has 1 aromatic rings. The lowest BCUT2D eigenvalue weighted by atomic mass is 9.84. The summed E-state index contributed by atoms with van der Waals surface area (Å²) in [5.41, 5.74) is 5.03. The van der Waals surface area contributed by atoms with Gasteiger partial charge in [0.1, 0.15) is 17.1 Å². The lowest BCUT2D eigenvalue weighted by Gasteiger charge is -2.38. The fraction of sp³-hybridized carbons (Fsp3) is 0.769. The van der Waals surface area contributed by atoms with Crippen molar-refractivity contribution in [1.82, 2.24) is 0 Å². The molecule has 0 radical (unpaired) electrons. The molecule has 0 aromatic heterocycles. The van der Waals surface area contributed by atoms with Crippen molar-refractivity contribution in [2.75, 3.05) is 13.7 Å². The lowest BCUT2D eigenvalue weighted by molar-refractivity contribution is 0.0521. The second kappa shape index (κ2) is 11.8. The first-order chi connectivity index (χ1) is 13.9. The van der Waals surface area contributed by atoms with E-state index in [0.717, 1.165) is 37.2 Å². The lowest BCUT2D eigenvalue weighted by Crippen LogP contribution is -2.37. The smallest absolute Gasteiger partial charge is 0.127 e. The van der Waals surface area contributed by atoms with Crippen molar-refractivity contribution in [2.45, 2.75) is 117 Å². The molecule has 1 unspecified atom stereocenters. The Bertz CT molecular complexity index is 638. The molecule has 0 fully saturated rings. The molecule has 1 aliphatic rings.